The molecule has 0 radical (unpaired) electrons. The summed E-state index contributed by atoms with van der Waals surface area (Å²) in [5.41, 5.74) is 6.38. The number of nitrogens with two attached hydrogens (primary N) is 1. The zero-order valence-corrected chi connectivity index (χ0v) is 9.80. The fourth-order valence-corrected chi connectivity index (χ4v) is 1.73. The molecule has 0 aliphatic rings. The van der Waals surface area contributed by atoms with E-state index in [1.165, 1.54) is 0 Å². The van der Waals surface area contributed by atoms with Gasteiger partial charge in [0.25, 0.3) is 0 Å². The van der Waals surface area contributed by atoms with Crippen LogP contribution in [0.4, 0.5) is 0 Å². The van der Waals surface area contributed by atoms with Crippen molar-refractivity contribution < 1.29 is 5.11 Å². The quantitative estimate of drug-likeness (QED) is 0.792. The average molecular weight is 228 g/mol. The zero-order chi connectivity index (χ0) is 12.3. The first-order valence-corrected chi connectivity index (χ1v) is 5.64. The Labute approximate surface area is 101 Å². The van der Waals surface area contributed by atoms with E-state index in [-0.39, 0.29) is 11.8 Å². The molecule has 3 nitrogen and oxygen atoms in total. The molecule has 3 N–H and O–H groups in total. The van der Waals surface area contributed by atoms with Crippen LogP contribution in [-0.4, -0.2) is 23.9 Å². The summed E-state index contributed by atoms with van der Waals surface area (Å²) in [6, 6.07) is 11.5. The Hall–Kier alpha value is -1.87. The molecule has 0 unspecified atom stereocenters. The Bertz CT molecular complexity index is 547. The second-order valence-corrected chi connectivity index (χ2v) is 4.19. The number of rotatable bonds is 3. The highest BCUT2D eigenvalue weighted by molar-refractivity contribution is 6.02. The maximum absolute atomic E-state index is 9.85. The molecule has 17 heavy (non-hydrogen) atoms. The first-order valence-electron chi connectivity index (χ1n) is 5.64. The second kappa shape index (κ2) is 4.97. The molecule has 2 rings (SSSR count). The molecule has 0 aromatic heterocycles. The first-order chi connectivity index (χ1) is 8.18. The van der Waals surface area contributed by atoms with Gasteiger partial charge in [0, 0.05) is 17.8 Å². The van der Waals surface area contributed by atoms with Crippen molar-refractivity contribution in [3.05, 3.63) is 42.0 Å². The van der Waals surface area contributed by atoms with Gasteiger partial charge in [0.1, 0.15) is 5.75 Å². The number of phenols is 1. The fraction of sp³-hybridized carbons (Fsp3) is 0.214. The molecule has 2 aromatic carbocycles. The lowest BCUT2D eigenvalue weighted by molar-refractivity contribution is 0.475. The largest absolute Gasteiger partial charge is 0.507 e. The molecule has 0 fully saturated rings. The number of phenolic OH excluding ortho intramolecular Hbond substituents is 1. The summed E-state index contributed by atoms with van der Waals surface area (Å²) < 4.78 is 0. The Morgan fingerprint density at radius 3 is 2.82 bits per heavy atom. The molecule has 0 saturated carbocycles. The van der Waals surface area contributed by atoms with Crippen LogP contribution in [0, 0.1) is 0 Å². The summed E-state index contributed by atoms with van der Waals surface area (Å²) in [5, 5.41) is 11.9. The molecule has 0 spiro atoms. The van der Waals surface area contributed by atoms with Crippen molar-refractivity contribution in [2.75, 3.05) is 6.54 Å². The van der Waals surface area contributed by atoms with Gasteiger partial charge >= 0.3 is 0 Å². The highest BCUT2D eigenvalue weighted by Crippen LogP contribution is 2.25. The number of hydrogen-bond donors (Lipinski definition) is 2. The van der Waals surface area contributed by atoms with Crippen molar-refractivity contribution in [2.24, 2.45) is 10.7 Å². The molecule has 0 saturated heterocycles. The highest BCUT2D eigenvalue weighted by atomic mass is 16.3. The number of hydrogen-bond acceptors (Lipinski definition) is 3. The van der Waals surface area contributed by atoms with Gasteiger partial charge in [0.05, 0.1) is 6.54 Å². The molecule has 3 heteroatoms. The lowest BCUT2D eigenvalue weighted by Crippen LogP contribution is -2.18. The minimum absolute atomic E-state index is 0.0309. The van der Waals surface area contributed by atoms with E-state index in [2.05, 4.69) is 4.99 Å². The summed E-state index contributed by atoms with van der Waals surface area (Å²) in [5.74, 6) is 0.247. The van der Waals surface area contributed by atoms with Crippen molar-refractivity contribution in [3.8, 4) is 5.75 Å². The van der Waals surface area contributed by atoms with Gasteiger partial charge in [0.15, 0.2) is 0 Å². The van der Waals surface area contributed by atoms with Crippen LogP contribution in [0.1, 0.15) is 12.5 Å². The second-order valence-electron chi connectivity index (χ2n) is 4.19. The standard InChI is InChI=1S/C14H16N2O/c1-10(15)8-16-9-13-12-5-3-2-4-11(12)6-7-14(13)17/h2-7,9-10,17H,8,15H2,1H3/t10-/m0/s1. The monoisotopic (exact) mass is 228 g/mol. The van der Waals surface area contributed by atoms with Crippen LogP contribution in [0.15, 0.2) is 41.4 Å². The van der Waals surface area contributed by atoms with Gasteiger partial charge in [-0.15, -0.1) is 0 Å². The summed E-state index contributed by atoms with van der Waals surface area (Å²) >= 11 is 0. The molecular formula is C14H16N2O. The van der Waals surface area contributed by atoms with Gasteiger partial charge in [-0.2, -0.15) is 0 Å². The molecule has 0 heterocycles. The normalized spacial score (nSPS) is 13.3. The van der Waals surface area contributed by atoms with Gasteiger partial charge in [-0.05, 0) is 23.8 Å². The molecule has 0 aliphatic heterocycles. The van der Waals surface area contributed by atoms with Crippen molar-refractivity contribution in [1.82, 2.24) is 0 Å². The van der Waals surface area contributed by atoms with Crippen molar-refractivity contribution >= 4 is 17.0 Å². The minimum atomic E-state index is 0.0309. The van der Waals surface area contributed by atoms with Crippen LogP contribution >= 0.6 is 0 Å². The van der Waals surface area contributed by atoms with Crippen LogP contribution in [0.25, 0.3) is 10.8 Å². The van der Waals surface area contributed by atoms with Crippen LogP contribution in [-0.2, 0) is 0 Å². The van der Waals surface area contributed by atoms with E-state index in [0.29, 0.717) is 6.54 Å². The summed E-state index contributed by atoms with van der Waals surface area (Å²) in [6.07, 6.45) is 1.70. The van der Waals surface area contributed by atoms with Gasteiger partial charge in [0.2, 0.25) is 0 Å². The van der Waals surface area contributed by atoms with E-state index in [9.17, 15) is 5.11 Å². The minimum Gasteiger partial charge on any atom is -0.507 e. The smallest absolute Gasteiger partial charge is 0.124 e. The molecule has 2 aromatic rings. The molecule has 1 atom stereocenters. The van der Waals surface area contributed by atoms with E-state index in [1.54, 1.807) is 12.3 Å². The topological polar surface area (TPSA) is 58.6 Å². The molecule has 88 valence electrons. The lowest BCUT2D eigenvalue weighted by Gasteiger charge is -2.05. The van der Waals surface area contributed by atoms with Crippen LogP contribution in [0.5, 0.6) is 5.75 Å². The van der Waals surface area contributed by atoms with E-state index >= 15 is 0 Å². The van der Waals surface area contributed by atoms with Crippen molar-refractivity contribution in [3.63, 3.8) is 0 Å². The maximum atomic E-state index is 9.85. The number of aromatic hydroxyl groups is 1. The predicted molar refractivity (Wildman–Crippen MR) is 71.7 cm³/mol. The Kier molecular flexibility index (Phi) is 3.40. The number of fused-ring (bicyclic) bond motifs is 1. The third-order valence-corrected chi connectivity index (χ3v) is 2.56. The SMILES string of the molecule is C[C@H](N)CN=Cc1c(O)ccc2ccccc12. The van der Waals surface area contributed by atoms with Gasteiger partial charge in [-0.25, -0.2) is 0 Å². The molecule has 0 amide bonds. The number of nitrogens with zero attached hydrogens (tertiary/aromatic N) is 1. The number of benzene rings is 2. The van der Waals surface area contributed by atoms with Gasteiger partial charge in [-0.3, -0.25) is 4.99 Å². The predicted octanol–water partition coefficient (Wildman–Crippen LogP) is 2.31. The van der Waals surface area contributed by atoms with Gasteiger partial charge in [-0.1, -0.05) is 30.3 Å². The molecular weight excluding hydrogens is 212 g/mol. The molecule has 0 aliphatic carbocycles. The fourth-order valence-electron chi connectivity index (χ4n) is 1.73. The van der Waals surface area contributed by atoms with E-state index in [4.69, 9.17) is 5.73 Å². The Morgan fingerprint density at radius 1 is 1.29 bits per heavy atom. The summed E-state index contributed by atoms with van der Waals surface area (Å²) in [4.78, 5) is 4.24. The van der Waals surface area contributed by atoms with E-state index < -0.39 is 0 Å². The zero-order valence-electron chi connectivity index (χ0n) is 9.80. The van der Waals surface area contributed by atoms with Crippen molar-refractivity contribution in [2.45, 2.75) is 13.0 Å². The summed E-state index contributed by atoms with van der Waals surface area (Å²) in [7, 11) is 0. The maximum Gasteiger partial charge on any atom is 0.124 e. The first kappa shape index (κ1) is 11.6. The average Bonchev–Trinajstić information content (AvgIpc) is 2.32. The Morgan fingerprint density at radius 2 is 2.06 bits per heavy atom. The van der Waals surface area contributed by atoms with E-state index in [1.807, 2.05) is 37.3 Å². The lowest BCUT2D eigenvalue weighted by atomic mass is 10.0. The Balaban J connectivity index is 2.44. The third-order valence-electron chi connectivity index (χ3n) is 2.56. The van der Waals surface area contributed by atoms with Gasteiger partial charge < -0.3 is 10.8 Å². The third kappa shape index (κ3) is 2.63. The van der Waals surface area contributed by atoms with Crippen LogP contribution in [0.3, 0.4) is 0 Å². The van der Waals surface area contributed by atoms with Crippen LogP contribution < -0.4 is 5.73 Å². The summed E-state index contributed by atoms with van der Waals surface area (Å²) in [6.45, 7) is 2.46. The highest BCUT2D eigenvalue weighted by Gasteiger charge is 2.03. The van der Waals surface area contributed by atoms with E-state index in [0.717, 1.165) is 16.3 Å². The van der Waals surface area contributed by atoms with Crippen molar-refractivity contribution in [1.29, 1.82) is 0 Å². The number of aliphatic imine (C=N–C) groups is 1. The van der Waals surface area contributed by atoms with Crippen LogP contribution in [0.2, 0.25) is 0 Å². The molecule has 0 bridgehead atoms.